The lowest BCUT2D eigenvalue weighted by molar-refractivity contribution is -0.119. The molecular formula is C10H19N3O. The van der Waals surface area contributed by atoms with Crippen LogP contribution in [0.4, 0.5) is 0 Å². The minimum atomic E-state index is 0.0853. The van der Waals surface area contributed by atoms with Gasteiger partial charge >= 0.3 is 0 Å². The van der Waals surface area contributed by atoms with Gasteiger partial charge in [-0.1, -0.05) is 0 Å². The molecule has 4 nitrogen and oxygen atoms in total. The Morgan fingerprint density at radius 3 is 2.79 bits per heavy atom. The summed E-state index contributed by atoms with van der Waals surface area (Å²) in [6.45, 7) is 3.71. The van der Waals surface area contributed by atoms with Gasteiger partial charge in [0.2, 0.25) is 5.91 Å². The first-order valence-electron chi connectivity index (χ1n) is 5.42. The van der Waals surface area contributed by atoms with Crippen LogP contribution in [0.15, 0.2) is 0 Å². The van der Waals surface area contributed by atoms with Crippen molar-refractivity contribution in [2.45, 2.75) is 44.3 Å². The summed E-state index contributed by atoms with van der Waals surface area (Å²) in [6, 6.07) is 1.47. The van der Waals surface area contributed by atoms with E-state index in [2.05, 4.69) is 10.2 Å². The molecule has 1 aliphatic carbocycles. The second-order valence-electron chi connectivity index (χ2n) is 4.57. The summed E-state index contributed by atoms with van der Waals surface area (Å²) in [6.07, 6.45) is 3.35. The van der Waals surface area contributed by atoms with Crippen molar-refractivity contribution in [3.63, 3.8) is 0 Å². The van der Waals surface area contributed by atoms with Gasteiger partial charge in [-0.25, -0.2) is 0 Å². The lowest BCUT2D eigenvalue weighted by Gasteiger charge is -2.39. The zero-order valence-electron chi connectivity index (χ0n) is 8.70. The molecule has 1 unspecified atom stereocenters. The molecule has 0 aromatic heterocycles. The van der Waals surface area contributed by atoms with E-state index in [1.54, 1.807) is 6.92 Å². The molecule has 80 valence electrons. The van der Waals surface area contributed by atoms with Gasteiger partial charge in [0, 0.05) is 38.1 Å². The van der Waals surface area contributed by atoms with Crippen molar-refractivity contribution >= 4 is 5.91 Å². The first-order chi connectivity index (χ1) is 6.65. The van der Waals surface area contributed by atoms with Gasteiger partial charge < -0.3 is 11.1 Å². The van der Waals surface area contributed by atoms with Crippen LogP contribution in [-0.4, -0.2) is 42.0 Å². The first kappa shape index (κ1) is 9.93. The highest BCUT2D eigenvalue weighted by molar-refractivity contribution is 5.73. The Hall–Kier alpha value is -0.610. The third kappa shape index (κ3) is 2.07. The van der Waals surface area contributed by atoms with Crippen molar-refractivity contribution < 1.29 is 4.79 Å². The molecule has 2 aliphatic rings. The van der Waals surface area contributed by atoms with Gasteiger partial charge in [-0.3, -0.25) is 9.69 Å². The molecule has 2 fully saturated rings. The number of carbonyl (C=O) groups excluding carboxylic acids is 1. The van der Waals surface area contributed by atoms with E-state index in [1.165, 1.54) is 0 Å². The number of carbonyl (C=O) groups is 1. The number of likely N-dealkylation sites (tertiary alicyclic amines) is 1. The largest absolute Gasteiger partial charge is 0.352 e. The van der Waals surface area contributed by atoms with Crippen molar-refractivity contribution in [2.75, 3.05) is 13.1 Å². The van der Waals surface area contributed by atoms with Crippen LogP contribution in [0, 0.1) is 0 Å². The lowest BCUT2D eigenvalue weighted by Crippen LogP contribution is -2.50. The normalized spacial score (nSPS) is 38.0. The van der Waals surface area contributed by atoms with E-state index in [0.29, 0.717) is 18.1 Å². The topological polar surface area (TPSA) is 58.4 Å². The van der Waals surface area contributed by atoms with Crippen LogP contribution in [0.2, 0.25) is 0 Å². The van der Waals surface area contributed by atoms with E-state index in [9.17, 15) is 4.79 Å². The fourth-order valence-corrected chi connectivity index (χ4v) is 2.45. The molecule has 0 bridgehead atoms. The van der Waals surface area contributed by atoms with Crippen molar-refractivity contribution in [2.24, 2.45) is 5.73 Å². The van der Waals surface area contributed by atoms with E-state index < -0.39 is 0 Å². The molecule has 1 aliphatic heterocycles. The van der Waals surface area contributed by atoms with E-state index in [-0.39, 0.29) is 5.91 Å². The van der Waals surface area contributed by atoms with E-state index in [0.717, 1.165) is 32.4 Å². The fourth-order valence-electron chi connectivity index (χ4n) is 2.45. The highest BCUT2D eigenvalue weighted by Crippen LogP contribution is 2.27. The molecule has 1 amide bonds. The number of nitrogens with one attached hydrogen (secondary N) is 1. The predicted molar refractivity (Wildman–Crippen MR) is 54.8 cm³/mol. The molecule has 2 rings (SSSR count). The van der Waals surface area contributed by atoms with Gasteiger partial charge in [0.25, 0.3) is 0 Å². The maximum absolute atomic E-state index is 10.9. The van der Waals surface area contributed by atoms with Crippen molar-refractivity contribution in [1.82, 2.24) is 10.2 Å². The molecule has 0 spiro atoms. The van der Waals surface area contributed by atoms with E-state index >= 15 is 0 Å². The molecule has 0 aromatic carbocycles. The minimum absolute atomic E-state index is 0.0853. The number of hydrogen-bond acceptors (Lipinski definition) is 3. The molecule has 0 radical (unpaired) electrons. The number of hydrogen-bond donors (Lipinski definition) is 2. The van der Waals surface area contributed by atoms with Gasteiger partial charge in [0.1, 0.15) is 0 Å². The van der Waals surface area contributed by atoms with Crippen LogP contribution in [0.1, 0.15) is 26.2 Å². The van der Waals surface area contributed by atoms with Gasteiger partial charge in [0.05, 0.1) is 0 Å². The zero-order chi connectivity index (χ0) is 10.1. The smallest absolute Gasteiger partial charge is 0.217 e. The Morgan fingerprint density at radius 2 is 2.21 bits per heavy atom. The maximum Gasteiger partial charge on any atom is 0.217 e. The number of nitrogens with two attached hydrogens (primary N) is 1. The SMILES string of the molecule is CC(=O)NC1CCN(C2CC(N)C2)C1. The summed E-state index contributed by atoms with van der Waals surface area (Å²) in [5.41, 5.74) is 5.76. The van der Waals surface area contributed by atoms with Gasteiger partial charge in [-0.2, -0.15) is 0 Å². The molecule has 1 saturated carbocycles. The summed E-state index contributed by atoms with van der Waals surface area (Å²) in [5, 5.41) is 2.97. The Bertz CT molecular complexity index is 225. The predicted octanol–water partition coefficient (Wildman–Crippen LogP) is -0.313. The van der Waals surface area contributed by atoms with Crippen LogP contribution in [0.5, 0.6) is 0 Å². The summed E-state index contributed by atoms with van der Waals surface area (Å²) in [7, 11) is 0. The quantitative estimate of drug-likeness (QED) is 0.638. The molecule has 0 aromatic rings. The van der Waals surface area contributed by atoms with Crippen LogP contribution in [0.25, 0.3) is 0 Å². The third-order valence-electron chi connectivity index (χ3n) is 3.29. The third-order valence-corrected chi connectivity index (χ3v) is 3.29. The second-order valence-corrected chi connectivity index (χ2v) is 4.57. The highest BCUT2D eigenvalue weighted by atomic mass is 16.1. The molecule has 14 heavy (non-hydrogen) atoms. The molecule has 1 atom stereocenters. The maximum atomic E-state index is 10.9. The monoisotopic (exact) mass is 197 g/mol. The van der Waals surface area contributed by atoms with Crippen LogP contribution < -0.4 is 11.1 Å². The standard InChI is InChI=1S/C10H19N3O/c1-7(14)12-9-2-3-13(6-9)10-4-8(11)5-10/h8-10H,2-6,11H2,1H3,(H,12,14). The molecular weight excluding hydrogens is 178 g/mol. The highest BCUT2D eigenvalue weighted by Gasteiger charge is 2.35. The Kier molecular flexibility index (Phi) is 2.74. The Labute approximate surface area is 84.8 Å². The van der Waals surface area contributed by atoms with Crippen LogP contribution in [-0.2, 0) is 4.79 Å². The summed E-state index contributed by atoms with van der Waals surface area (Å²) >= 11 is 0. The lowest BCUT2D eigenvalue weighted by atomic mass is 9.86. The number of rotatable bonds is 2. The van der Waals surface area contributed by atoms with Crippen LogP contribution in [0.3, 0.4) is 0 Å². The van der Waals surface area contributed by atoms with E-state index in [1.807, 2.05) is 0 Å². The molecule has 1 heterocycles. The van der Waals surface area contributed by atoms with Gasteiger partial charge in [0.15, 0.2) is 0 Å². The average Bonchev–Trinajstić information content (AvgIpc) is 2.46. The van der Waals surface area contributed by atoms with Crippen molar-refractivity contribution in [1.29, 1.82) is 0 Å². The van der Waals surface area contributed by atoms with Gasteiger partial charge in [-0.15, -0.1) is 0 Å². The Morgan fingerprint density at radius 1 is 1.50 bits per heavy atom. The molecule has 3 N–H and O–H groups in total. The Balaban J connectivity index is 1.74. The molecule has 1 saturated heterocycles. The minimum Gasteiger partial charge on any atom is -0.352 e. The zero-order valence-corrected chi connectivity index (χ0v) is 8.70. The molecule has 4 heteroatoms. The van der Waals surface area contributed by atoms with Crippen LogP contribution >= 0.6 is 0 Å². The summed E-state index contributed by atoms with van der Waals surface area (Å²) in [4.78, 5) is 13.3. The fraction of sp³-hybridized carbons (Fsp3) is 0.900. The van der Waals surface area contributed by atoms with Crippen molar-refractivity contribution in [3.05, 3.63) is 0 Å². The summed E-state index contributed by atoms with van der Waals surface area (Å²) < 4.78 is 0. The number of amides is 1. The summed E-state index contributed by atoms with van der Waals surface area (Å²) in [5.74, 6) is 0.0853. The first-order valence-corrected chi connectivity index (χ1v) is 5.42. The van der Waals surface area contributed by atoms with Gasteiger partial charge in [-0.05, 0) is 19.3 Å². The average molecular weight is 197 g/mol. The van der Waals surface area contributed by atoms with Crippen molar-refractivity contribution in [3.8, 4) is 0 Å². The number of nitrogens with zero attached hydrogens (tertiary/aromatic N) is 1. The van der Waals surface area contributed by atoms with E-state index in [4.69, 9.17) is 5.73 Å². The second kappa shape index (κ2) is 3.87.